The predicted octanol–water partition coefficient (Wildman–Crippen LogP) is 6.38. The van der Waals surface area contributed by atoms with Crippen LogP contribution in [0.25, 0.3) is 6.08 Å². The van der Waals surface area contributed by atoms with Gasteiger partial charge in [0.2, 0.25) is 0 Å². The van der Waals surface area contributed by atoms with Crippen LogP contribution in [0.5, 0.6) is 0 Å². The Morgan fingerprint density at radius 3 is 2.43 bits per heavy atom. The Morgan fingerprint density at radius 1 is 0.929 bits per heavy atom. The van der Waals surface area contributed by atoms with Gasteiger partial charge in [-0.25, -0.2) is 4.99 Å². The average Bonchev–Trinajstić information content (AvgIpc) is 3.05. The number of nitrogens with one attached hydrogen (secondary N) is 1. The second kappa shape index (κ2) is 8.69. The van der Waals surface area contributed by atoms with Crippen molar-refractivity contribution in [2.45, 2.75) is 9.79 Å². The third-order valence-electron chi connectivity index (χ3n) is 3.88. The number of halogens is 1. The first-order chi connectivity index (χ1) is 13.7. The van der Waals surface area contributed by atoms with E-state index in [1.54, 1.807) is 11.8 Å². The highest BCUT2D eigenvalue weighted by molar-refractivity contribution is 8.18. The Balaban J connectivity index is 1.58. The van der Waals surface area contributed by atoms with Gasteiger partial charge in [0, 0.05) is 14.8 Å². The number of benzene rings is 3. The van der Waals surface area contributed by atoms with Gasteiger partial charge in [-0.3, -0.25) is 4.79 Å². The van der Waals surface area contributed by atoms with E-state index in [4.69, 9.17) is 11.6 Å². The minimum Gasteiger partial charge on any atom is -0.300 e. The highest BCUT2D eigenvalue weighted by Gasteiger charge is 2.24. The minimum absolute atomic E-state index is 0.133. The molecule has 0 atom stereocenters. The summed E-state index contributed by atoms with van der Waals surface area (Å²) in [5.74, 6) is -0.133. The van der Waals surface area contributed by atoms with Gasteiger partial charge in [-0.1, -0.05) is 59.8 Å². The summed E-state index contributed by atoms with van der Waals surface area (Å²) in [7, 11) is 0. The van der Waals surface area contributed by atoms with Crippen LogP contribution in [0.1, 0.15) is 5.56 Å². The second-order valence-electron chi connectivity index (χ2n) is 5.91. The molecule has 0 saturated carbocycles. The van der Waals surface area contributed by atoms with Gasteiger partial charge in [-0.15, -0.1) is 0 Å². The number of amides is 1. The fourth-order valence-electron chi connectivity index (χ4n) is 2.56. The molecule has 1 N–H and O–H groups in total. The molecule has 0 radical (unpaired) electrons. The lowest BCUT2D eigenvalue weighted by Gasteiger charge is -2.06. The molecule has 6 heteroatoms. The van der Waals surface area contributed by atoms with E-state index in [-0.39, 0.29) is 5.91 Å². The third kappa shape index (κ3) is 4.68. The molecule has 1 aliphatic heterocycles. The van der Waals surface area contributed by atoms with E-state index in [1.165, 1.54) is 11.8 Å². The Kier molecular flexibility index (Phi) is 5.86. The van der Waals surface area contributed by atoms with Gasteiger partial charge in [-0.05, 0) is 65.9 Å². The average molecular weight is 423 g/mol. The van der Waals surface area contributed by atoms with Crippen LogP contribution in [0.4, 0.5) is 5.69 Å². The lowest BCUT2D eigenvalue weighted by Crippen LogP contribution is -2.19. The van der Waals surface area contributed by atoms with E-state index in [1.807, 2.05) is 84.9 Å². The smallest absolute Gasteiger partial charge is 0.264 e. The molecular formula is C22H15ClN2OS2. The van der Waals surface area contributed by atoms with E-state index < -0.39 is 0 Å². The van der Waals surface area contributed by atoms with Gasteiger partial charge in [0.15, 0.2) is 5.17 Å². The first-order valence-electron chi connectivity index (χ1n) is 8.54. The molecule has 1 amide bonds. The van der Waals surface area contributed by atoms with E-state index in [2.05, 4.69) is 10.3 Å². The van der Waals surface area contributed by atoms with Gasteiger partial charge in [0.1, 0.15) is 0 Å². The summed E-state index contributed by atoms with van der Waals surface area (Å²) >= 11 is 8.96. The molecule has 138 valence electrons. The van der Waals surface area contributed by atoms with Crippen LogP contribution >= 0.6 is 35.1 Å². The highest BCUT2D eigenvalue weighted by atomic mass is 35.5. The fourth-order valence-corrected chi connectivity index (χ4v) is 4.44. The topological polar surface area (TPSA) is 41.5 Å². The summed E-state index contributed by atoms with van der Waals surface area (Å²) in [6.45, 7) is 0. The van der Waals surface area contributed by atoms with E-state index in [0.717, 1.165) is 21.0 Å². The van der Waals surface area contributed by atoms with Crippen molar-refractivity contribution in [1.29, 1.82) is 0 Å². The molecule has 1 fully saturated rings. The molecule has 0 aliphatic carbocycles. The predicted molar refractivity (Wildman–Crippen MR) is 119 cm³/mol. The monoisotopic (exact) mass is 422 g/mol. The highest BCUT2D eigenvalue weighted by Crippen LogP contribution is 2.34. The van der Waals surface area contributed by atoms with Crippen LogP contribution in [0.2, 0.25) is 5.02 Å². The molecule has 0 unspecified atom stereocenters. The summed E-state index contributed by atoms with van der Waals surface area (Å²) in [4.78, 5) is 19.7. The Hall–Kier alpha value is -2.47. The molecule has 3 aromatic rings. The molecule has 3 nitrogen and oxygen atoms in total. The summed E-state index contributed by atoms with van der Waals surface area (Å²) in [6, 6.07) is 25.3. The molecule has 0 bridgehead atoms. The zero-order chi connectivity index (χ0) is 19.3. The number of para-hydroxylation sites is 1. The molecule has 28 heavy (non-hydrogen) atoms. The largest absolute Gasteiger partial charge is 0.300 e. The summed E-state index contributed by atoms with van der Waals surface area (Å²) in [6.07, 6.45) is 1.91. The van der Waals surface area contributed by atoms with Crippen molar-refractivity contribution in [3.05, 3.63) is 94.4 Å². The Labute approximate surface area is 176 Å². The molecule has 0 aromatic heterocycles. The number of hydrogen-bond donors (Lipinski definition) is 1. The number of amidine groups is 1. The van der Waals surface area contributed by atoms with Crippen LogP contribution < -0.4 is 5.32 Å². The zero-order valence-electron chi connectivity index (χ0n) is 14.6. The quantitative estimate of drug-likeness (QED) is 0.496. The number of thioether (sulfide) groups is 1. The van der Waals surface area contributed by atoms with Crippen molar-refractivity contribution in [3.8, 4) is 0 Å². The lowest BCUT2D eigenvalue weighted by molar-refractivity contribution is -0.115. The van der Waals surface area contributed by atoms with Crippen LogP contribution in [0, 0.1) is 0 Å². The molecule has 1 aliphatic rings. The van der Waals surface area contributed by atoms with Crippen molar-refractivity contribution in [3.63, 3.8) is 0 Å². The van der Waals surface area contributed by atoms with Crippen molar-refractivity contribution in [2.24, 2.45) is 4.99 Å². The Bertz CT molecular complexity index is 1060. The van der Waals surface area contributed by atoms with E-state index in [9.17, 15) is 4.79 Å². The molecule has 1 saturated heterocycles. The van der Waals surface area contributed by atoms with Crippen molar-refractivity contribution in [1.82, 2.24) is 5.32 Å². The molecule has 4 rings (SSSR count). The number of carbonyl (C=O) groups excluding carboxylic acids is 1. The number of nitrogens with zero attached hydrogens (tertiary/aromatic N) is 1. The maximum atomic E-state index is 12.4. The van der Waals surface area contributed by atoms with Crippen molar-refractivity contribution >= 4 is 58.0 Å². The number of aliphatic imine (C=N–C) groups is 1. The first kappa shape index (κ1) is 18.9. The van der Waals surface area contributed by atoms with E-state index in [0.29, 0.717) is 15.1 Å². The first-order valence-corrected chi connectivity index (χ1v) is 10.6. The van der Waals surface area contributed by atoms with Gasteiger partial charge >= 0.3 is 0 Å². The van der Waals surface area contributed by atoms with Crippen molar-refractivity contribution < 1.29 is 4.79 Å². The van der Waals surface area contributed by atoms with Crippen molar-refractivity contribution in [2.75, 3.05) is 0 Å². The molecule has 0 spiro atoms. The second-order valence-corrected chi connectivity index (χ2v) is 8.49. The van der Waals surface area contributed by atoms with Gasteiger partial charge < -0.3 is 5.32 Å². The summed E-state index contributed by atoms with van der Waals surface area (Å²) in [5.41, 5.74) is 1.80. The number of hydrogen-bond acceptors (Lipinski definition) is 4. The van der Waals surface area contributed by atoms with Crippen LogP contribution in [-0.2, 0) is 4.79 Å². The standard InChI is InChI=1S/C22H15ClN2OS2/c23-16-10-12-18(13-11-16)27-19-9-5-4-6-15(19)14-20-21(26)25-22(28-20)24-17-7-2-1-3-8-17/h1-14H,(H,24,25,26)/b20-14-. The maximum Gasteiger partial charge on any atom is 0.264 e. The Morgan fingerprint density at radius 2 is 1.64 bits per heavy atom. The normalized spacial score (nSPS) is 16.5. The minimum atomic E-state index is -0.133. The van der Waals surface area contributed by atoms with Crippen LogP contribution in [-0.4, -0.2) is 11.1 Å². The zero-order valence-corrected chi connectivity index (χ0v) is 17.0. The van der Waals surface area contributed by atoms with Gasteiger partial charge in [0.05, 0.1) is 10.6 Å². The SMILES string of the molecule is O=C1NC(=Nc2ccccc2)S/C1=C\c1ccccc1Sc1ccc(Cl)cc1. The summed E-state index contributed by atoms with van der Waals surface area (Å²) < 4.78 is 0. The lowest BCUT2D eigenvalue weighted by atomic mass is 10.2. The van der Waals surface area contributed by atoms with Gasteiger partial charge in [-0.2, -0.15) is 0 Å². The fraction of sp³-hybridized carbons (Fsp3) is 0. The van der Waals surface area contributed by atoms with Crippen LogP contribution in [0.15, 0.2) is 98.6 Å². The van der Waals surface area contributed by atoms with E-state index >= 15 is 0 Å². The van der Waals surface area contributed by atoms with Gasteiger partial charge in [0.25, 0.3) is 5.91 Å². The molecule has 3 aromatic carbocycles. The molecular weight excluding hydrogens is 408 g/mol. The molecule has 1 heterocycles. The van der Waals surface area contributed by atoms with Crippen LogP contribution in [0.3, 0.4) is 0 Å². The summed E-state index contributed by atoms with van der Waals surface area (Å²) in [5, 5.41) is 4.13. The third-order valence-corrected chi connectivity index (χ3v) is 6.15. The number of rotatable bonds is 4. The maximum absolute atomic E-state index is 12.4. The number of carbonyl (C=O) groups is 1.